The lowest BCUT2D eigenvalue weighted by atomic mass is 9.96. The summed E-state index contributed by atoms with van der Waals surface area (Å²) >= 11 is 0. The van der Waals surface area contributed by atoms with Crippen molar-refractivity contribution in [2.45, 2.75) is 32.9 Å². The van der Waals surface area contributed by atoms with Gasteiger partial charge in [0.1, 0.15) is 23.7 Å². The zero-order valence-corrected chi connectivity index (χ0v) is 22.5. The summed E-state index contributed by atoms with van der Waals surface area (Å²) in [5.74, 6) is -1.75. The first-order valence-electron chi connectivity index (χ1n) is 12.9. The molecule has 0 amide bonds. The maximum Gasteiger partial charge on any atom is 0.490 e. The van der Waals surface area contributed by atoms with Gasteiger partial charge in [-0.05, 0) is 111 Å². The van der Waals surface area contributed by atoms with Crippen LogP contribution in [0.25, 0.3) is 22.2 Å². The number of hydrogen-bond acceptors (Lipinski definition) is 7. The zero-order valence-electron chi connectivity index (χ0n) is 22.5. The van der Waals surface area contributed by atoms with E-state index in [0.717, 1.165) is 45.8 Å². The minimum Gasteiger partial charge on any atom is -0.492 e. The third kappa shape index (κ3) is 8.10. The number of aliphatic carboxylic acids is 1. The number of carboxylic acids is 1. The Hall–Kier alpha value is -4.32. The van der Waals surface area contributed by atoms with Crippen LogP contribution in [0.5, 0.6) is 5.75 Å². The molecule has 0 bridgehead atoms. The fourth-order valence-corrected chi connectivity index (χ4v) is 4.38. The molecule has 1 saturated heterocycles. The highest BCUT2D eigenvalue weighted by molar-refractivity contribution is 5.85. The van der Waals surface area contributed by atoms with E-state index in [1.54, 1.807) is 12.1 Å². The fourth-order valence-electron chi connectivity index (χ4n) is 4.38. The second-order valence-corrected chi connectivity index (χ2v) is 9.60. The van der Waals surface area contributed by atoms with E-state index in [4.69, 9.17) is 14.6 Å². The lowest BCUT2D eigenvalue weighted by Crippen LogP contribution is -2.25. The Balaban J connectivity index is 0.000000493. The average Bonchev–Trinajstić information content (AvgIpc) is 3.44. The van der Waals surface area contributed by atoms with E-state index >= 15 is 0 Å². The molecule has 0 spiro atoms. The molecule has 41 heavy (non-hydrogen) atoms. The van der Waals surface area contributed by atoms with E-state index in [1.807, 2.05) is 50.2 Å². The molecule has 0 saturated carbocycles. The lowest BCUT2D eigenvalue weighted by Gasteiger charge is -2.15. The highest BCUT2D eigenvalue weighted by Gasteiger charge is 2.38. The molecule has 4 aromatic rings. The number of fused-ring (bicyclic) bond motifs is 1. The Morgan fingerprint density at radius 3 is 2.27 bits per heavy atom. The summed E-state index contributed by atoms with van der Waals surface area (Å²) in [5.41, 5.74) is 6.05. The molecule has 0 unspecified atom stereocenters. The summed E-state index contributed by atoms with van der Waals surface area (Å²) in [5, 5.41) is 18.9. The molecule has 1 fully saturated rings. The molecule has 5 rings (SSSR count). The van der Waals surface area contributed by atoms with Gasteiger partial charge in [0.2, 0.25) is 5.95 Å². The number of benzene rings is 3. The predicted molar refractivity (Wildman–Crippen MR) is 147 cm³/mol. The van der Waals surface area contributed by atoms with Gasteiger partial charge in [-0.25, -0.2) is 14.2 Å². The molecule has 2 heterocycles. The molecule has 0 radical (unpaired) electrons. The van der Waals surface area contributed by atoms with Gasteiger partial charge in [0.15, 0.2) is 0 Å². The predicted octanol–water partition coefficient (Wildman–Crippen LogP) is 6.30. The van der Waals surface area contributed by atoms with Crippen LogP contribution < -0.4 is 10.1 Å². The van der Waals surface area contributed by atoms with Crippen LogP contribution in [-0.4, -0.2) is 63.6 Å². The Kier molecular flexibility index (Phi) is 9.33. The zero-order chi connectivity index (χ0) is 29.6. The Morgan fingerprint density at radius 1 is 0.951 bits per heavy atom. The van der Waals surface area contributed by atoms with Crippen molar-refractivity contribution >= 4 is 28.6 Å². The number of nitrogens with zero attached hydrogens (tertiary/aromatic N) is 4. The van der Waals surface area contributed by atoms with Gasteiger partial charge >= 0.3 is 12.1 Å². The number of carbonyl (C=O) groups is 1. The third-order valence-electron chi connectivity index (χ3n) is 6.52. The maximum atomic E-state index is 13.8. The SMILES string of the molecule is Cc1ccc(F)cc1-c1cc2nnc(Nc3ccc(OCCN4CCCC4)cc3)nc2cc1C.O=C(O)C(F)(F)F. The first-order valence-corrected chi connectivity index (χ1v) is 12.9. The minimum atomic E-state index is -5.08. The van der Waals surface area contributed by atoms with Crippen molar-refractivity contribution in [2.75, 3.05) is 31.6 Å². The molecule has 0 atom stereocenters. The Bertz CT molecular complexity index is 1510. The number of aryl methyl sites for hydroxylation is 2. The van der Waals surface area contributed by atoms with Crippen LogP contribution in [0.15, 0.2) is 54.6 Å². The first kappa shape index (κ1) is 29.7. The number of hydrogen-bond donors (Lipinski definition) is 2. The number of rotatable bonds is 7. The summed E-state index contributed by atoms with van der Waals surface area (Å²) in [6, 6.07) is 16.5. The summed E-state index contributed by atoms with van der Waals surface area (Å²) in [6.45, 7) is 7.99. The topological polar surface area (TPSA) is 100 Å². The molecule has 1 aliphatic heterocycles. The van der Waals surface area contributed by atoms with Gasteiger partial charge in [-0.1, -0.05) is 6.07 Å². The van der Waals surface area contributed by atoms with Crippen LogP contribution >= 0.6 is 0 Å². The van der Waals surface area contributed by atoms with Crippen LogP contribution in [-0.2, 0) is 4.79 Å². The van der Waals surface area contributed by atoms with Gasteiger partial charge in [0, 0.05) is 12.2 Å². The Morgan fingerprint density at radius 2 is 1.61 bits per heavy atom. The van der Waals surface area contributed by atoms with Gasteiger partial charge in [-0.15, -0.1) is 10.2 Å². The van der Waals surface area contributed by atoms with Gasteiger partial charge < -0.3 is 15.2 Å². The van der Waals surface area contributed by atoms with E-state index in [1.165, 1.54) is 32.0 Å². The number of nitrogens with one attached hydrogen (secondary N) is 1. The number of carboxylic acid groups (broad SMARTS) is 1. The van der Waals surface area contributed by atoms with Gasteiger partial charge in [-0.3, -0.25) is 4.90 Å². The van der Waals surface area contributed by atoms with Crippen molar-refractivity contribution < 1.29 is 32.2 Å². The van der Waals surface area contributed by atoms with Crippen LogP contribution in [0.4, 0.5) is 29.2 Å². The van der Waals surface area contributed by atoms with Crippen molar-refractivity contribution in [3.8, 4) is 16.9 Å². The van der Waals surface area contributed by atoms with Crippen LogP contribution in [0.3, 0.4) is 0 Å². The summed E-state index contributed by atoms with van der Waals surface area (Å²) in [7, 11) is 0. The largest absolute Gasteiger partial charge is 0.492 e. The summed E-state index contributed by atoms with van der Waals surface area (Å²) < 4.78 is 51.4. The van der Waals surface area contributed by atoms with Crippen molar-refractivity contribution in [3.63, 3.8) is 0 Å². The quantitative estimate of drug-likeness (QED) is 0.249. The van der Waals surface area contributed by atoms with Crippen LogP contribution in [0, 0.1) is 19.7 Å². The molecule has 216 valence electrons. The van der Waals surface area contributed by atoms with Gasteiger partial charge in [0.05, 0.1) is 5.52 Å². The Labute approximate surface area is 234 Å². The molecule has 0 aliphatic carbocycles. The van der Waals surface area contributed by atoms with Crippen molar-refractivity contribution in [2.24, 2.45) is 0 Å². The highest BCUT2D eigenvalue weighted by Crippen LogP contribution is 2.30. The number of halogens is 4. The second kappa shape index (κ2) is 12.9. The third-order valence-corrected chi connectivity index (χ3v) is 6.52. The smallest absolute Gasteiger partial charge is 0.490 e. The average molecular weight is 572 g/mol. The van der Waals surface area contributed by atoms with E-state index < -0.39 is 12.1 Å². The standard InChI is InChI=1S/C27H28FN5O.C2HF3O2/c1-18-5-6-20(28)16-23(18)24-17-26-25(15-19(24)2)30-27(32-31-26)29-21-7-9-22(10-8-21)34-14-13-33-11-3-4-12-33;3-2(4,5)1(6)7/h5-10,15-17H,3-4,11-14H2,1-2H3,(H,29,30,32);(H,6,7). The number of aromatic nitrogens is 3. The molecule has 8 nitrogen and oxygen atoms in total. The minimum absolute atomic E-state index is 0.258. The molecule has 2 N–H and O–H groups in total. The lowest BCUT2D eigenvalue weighted by molar-refractivity contribution is -0.192. The summed E-state index contributed by atoms with van der Waals surface area (Å²) in [4.78, 5) is 16.0. The monoisotopic (exact) mass is 571 g/mol. The van der Waals surface area contributed by atoms with Crippen molar-refractivity contribution in [3.05, 3.63) is 71.5 Å². The molecule has 1 aliphatic rings. The van der Waals surface area contributed by atoms with Crippen LogP contribution in [0.1, 0.15) is 24.0 Å². The number of likely N-dealkylation sites (tertiary alicyclic amines) is 1. The van der Waals surface area contributed by atoms with E-state index in [2.05, 4.69) is 25.4 Å². The van der Waals surface area contributed by atoms with Crippen molar-refractivity contribution in [1.82, 2.24) is 20.1 Å². The van der Waals surface area contributed by atoms with E-state index in [9.17, 15) is 17.6 Å². The van der Waals surface area contributed by atoms with E-state index in [-0.39, 0.29) is 5.82 Å². The van der Waals surface area contributed by atoms with Crippen LogP contribution in [0.2, 0.25) is 0 Å². The first-order chi connectivity index (χ1) is 19.5. The molecular formula is C29H29F4N5O3. The normalized spacial score (nSPS) is 13.5. The highest BCUT2D eigenvalue weighted by atomic mass is 19.4. The van der Waals surface area contributed by atoms with Gasteiger partial charge in [0.25, 0.3) is 0 Å². The number of anilines is 2. The molecule has 3 aromatic carbocycles. The molecule has 1 aromatic heterocycles. The molecule has 12 heteroatoms. The second-order valence-electron chi connectivity index (χ2n) is 9.60. The van der Waals surface area contributed by atoms with Crippen molar-refractivity contribution in [1.29, 1.82) is 0 Å². The maximum absolute atomic E-state index is 13.8. The van der Waals surface area contributed by atoms with E-state index in [0.29, 0.717) is 18.1 Å². The number of alkyl halides is 3. The van der Waals surface area contributed by atoms with Gasteiger partial charge in [-0.2, -0.15) is 13.2 Å². The fraction of sp³-hybridized carbons (Fsp3) is 0.310. The number of ether oxygens (including phenoxy) is 1. The summed E-state index contributed by atoms with van der Waals surface area (Å²) in [6.07, 6.45) is -2.50. The molecular weight excluding hydrogens is 542 g/mol.